The highest BCUT2D eigenvalue weighted by Gasteiger charge is 2.36. The number of halogens is 1. The van der Waals surface area contributed by atoms with E-state index >= 15 is 0 Å². The molecule has 4 heteroatoms. The second-order valence-electron chi connectivity index (χ2n) is 5.69. The first-order valence-corrected chi connectivity index (χ1v) is 7.59. The van der Waals surface area contributed by atoms with Crippen LogP contribution in [0.3, 0.4) is 0 Å². The second kappa shape index (κ2) is 6.25. The maximum Gasteiger partial charge on any atom is 0.123 e. The summed E-state index contributed by atoms with van der Waals surface area (Å²) in [5, 5.41) is 0. The Kier molecular flexibility index (Phi) is 4.87. The molecule has 1 aromatic carbocycles. The van der Waals surface area contributed by atoms with E-state index in [0.29, 0.717) is 5.41 Å². The molecule has 1 fully saturated rings. The number of ether oxygens (including phenoxy) is 1. The van der Waals surface area contributed by atoms with Crippen LogP contribution < -0.4 is 10.5 Å². The number of nitrogens with zero attached hydrogens (tertiary/aromatic N) is 1. The second-order valence-corrected chi connectivity index (χ2v) is 6.60. The molecule has 0 heterocycles. The Labute approximate surface area is 124 Å². The van der Waals surface area contributed by atoms with Crippen molar-refractivity contribution in [3.05, 3.63) is 28.2 Å². The molecule has 1 aliphatic carbocycles. The minimum atomic E-state index is 0.355. The number of rotatable bonds is 6. The Hall–Kier alpha value is -0.580. The minimum absolute atomic E-state index is 0.355. The summed E-state index contributed by atoms with van der Waals surface area (Å²) in [6, 6.07) is 6.15. The van der Waals surface area contributed by atoms with E-state index in [0.717, 1.165) is 29.9 Å². The fourth-order valence-electron chi connectivity index (χ4n) is 2.89. The maximum atomic E-state index is 5.93. The van der Waals surface area contributed by atoms with Gasteiger partial charge >= 0.3 is 0 Å². The molecule has 106 valence electrons. The van der Waals surface area contributed by atoms with Crippen molar-refractivity contribution >= 4 is 15.9 Å². The van der Waals surface area contributed by atoms with Crippen molar-refractivity contribution in [3.63, 3.8) is 0 Å². The molecule has 0 saturated heterocycles. The lowest BCUT2D eigenvalue weighted by Gasteiger charge is -2.43. The van der Waals surface area contributed by atoms with E-state index in [9.17, 15) is 0 Å². The molecule has 2 N–H and O–H groups in total. The van der Waals surface area contributed by atoms with Gasteiger partial charge in [0, 0.05) is 23.1 Å². The van der Waals surface area contributed by atoms with Gasteiger partial charge in [0.2, 0.25) is 0 Å². The molecular formula is C15H23BrN2O. The first-order chi connectivity index (χ1) is 9.08. The molecule has 2 rings (SSSR count). The van der Waals surface area contributed by atoms with Crippen LogP contribution in [0.5, 0.6) is 5.75 Å². The van der Waals surface area contributed by atoms with E-state index in [4.69, 9.17) is 10.5 Å². The average Bonchev–Trinajstić information content (AvgIpc) is 2.34. The molecule has 0 aliphatic heterocycles. The predicted octanol–water partition coefficient (Wildman–Crippen LogP) is 3.02. The first kappa shape index (κ1) is 14.8. The fourth-order valence-corrected chi connectivity index (χ4v) is 3.30. The van der Waals surface area contributed by atoms with Crippen molar-refractivity contribution in [2.75, 3.05) is 27.2 Å². The van der Waals surface area contributed by atoms with E-state index in [2.05, 4.69) is 33.9 Å². The van der Waals surface area contributed by atoms with Crippen LogP contribution in [0.15, 0.2) is 22.7 Å². The Bertz CT molecular complexity index is 427. The van der Waals surface area contributed by atoms with Crippen LogP contribution in [0.1, 0.15) is 24.8 Å². The largest absolute Gasteiger partial charge is 0.496 e. The van der Waals surface area contributed by atoms with Crippen molar-refractivity contribution in [2.24, 2.45) is 11.1 Å². The third kappa shape index (κ3) is 3.50. The number of methoxy groups -OCH3 is 1. The lowest BCUT2D eigenvalue weighted by atomic mass is 9.68. The van der Waals surface area contributed by atoms with E-state index < -0.39 is 0 Å². The molecule has 0 bridgehead atoms. The lowest BCUT2D eigenvalue weighted by molar-refractivity contribution is 0.0841. The molecule has 1 saturated carbocycles. The molecule has 1 aliphatic rings. The molecule has 1 aromatic rings. The normalized spacial score (nSPS) is 17.3. The average molecular weight is 327 g/mol. The standard InChI is InChI=1S/C15H23BrN2O/c1-18(11-15(10-17)6-3-7-15)9-12-8-13(16)4-5-14(12)19-2/h4-5,8H,3,6-7,9-11,17H2,1-2H3. The molecule has 0 radical (unpaired) electrons. The Morgan fingerprint density at radius 2 is 2.16 bits per heavy atom. The molecule has 3 nitrogen and oxygen atoms in total. The van der Waals surface area contributed by atoms with E-state index in [-0.39, 0.29) is 0 Å². The highest BCUT2D eigenvalue weighted by Crippen LogP contribution is 2.40. The lowest BCUT2D eigenvalue weighted by Crippen LogP contribution is -2.45. The van der Waals surface area contributed by atoms with Crippen LogP contribution in [-0.2, 0) is 6.54 Å². The molecule has 0 spiro atoms. The van der Waals surface area contributed by atoms with Gasteiger partial charge in [-0.3, -0.25) is 0 Å². The summed E-state index contributed by atoms with van der Waals surface area (Å²) < 4.78 is 6.52. The van der Waals surface area contributed by atoms with Gasteiger partial charge in [-0.2, -0.15) is 0 Å². The van der Waals surface area contributed by atoms with Crippen molar-refractivity contribution in [2.45, 2.75) is 25.8 Å². The van der Waals surface area contributed by atoms with E-state index in [1.165, 1.54) is 24.8 Å². The molecule has 0 aromatic heterocycles. The number of benzene rings is 1. The van der Waals surface area contributed by atoms with Gasteiger partial charge < -0.3 is 15.4 Å². The van der Waals surface area contributed by atoms with Gasteiger partial charge in [-0.1, -0.05) is 22.4 Å². The summed E-state index contributed by atoms with van der Waals surface area (Å²) >= 11 is 3.52. The summed E-state index contributed by atoms with van der Waals surface area (Å²) in [5.41, 5.74) is 7.50. The quantitative estimate of drug-likeness (QED) is 0.873. The summed E-state index contributed by atoms with van der Waals surface area (Å²) in [5.74, 6) is 0.949. The van der Waals surface area contributed by atoms with Gasteiger partial charge in [0.25, 0.3) is 0 Å². The SMILES string of the molecule is COc1ccc(Br)cc1CN(C)CC1(CN)CCC1. The molecule has 19 heavy (non-hydrogen) atoms. The van der Waals surface area contributed by atoms with Crippen LogP contribution in [0.25, 0.3) is 0 Å². The van der Waals surface area contributed by atoms with Gasteiger partial charge in [0.15, 0.2) is 0 Å². The van der Waals surface area contributed by atoms with Crippen molar-refractivity contribution in [3.8, 4) is 5.75 Å². The summed E-state index contributed by atoms with van der Waals surface area (Å²) in [4.78, 5) is 2.36. The third-order valence-electron chi connectivity index (χ3n) is 4.14. The molecule has 0 unspecified atom stereocenters. The van der Waals surface area contributed by atoms with Crippen LogP contribution in [0.2, 0.25) is 0 Å². The highest BCUT2D eigenvalue weighted by molar-refractivity contribution is 9.10. The minimum Gasteiger partial charge on any atom is -0.496 e. The van der Waals surface area contributed by atoms with Gasteiger partial charge in [0.1, 0.15) is 5.75 Å². The van der Waals surface area contributed by atoms with Gasteiger partial charge in [0.05, 0.1) is 7.11 Å². The molecular weight excluding hydrogens is 304 g/mol. The van der Waals surface area contributed by atoms with Crippen molar-refractivity contribution < 1.29 is 4.74 Å². The van der Waals surface area contributed by atoms with E-state index in [1.807, 2.05) is 12.1 Å². The monoisotopic (exact) mass is 326 g/mol. The van der Waals surface area contributed by atoms with Gasteiger partial charge in [-0.05, 0) is 50.0 Å². The molecule has 0 amide bonds. The smallest absolute Gasteiger partial charge is 0.123 e. The predicted molar refractivity (Wildman–Crippen MR) is 82.4 cm³/mol. The maximum absolute atomic E-state index is 5.93. The Balaban J connectivity index is 2.02. The fraction of sp³-hybridized carbons (Fsp3) is 0.600. The Morgan fingerprint density at radius 3 is 2.68 bits per heavy atom. The van der Waals surface area contributed by atoms with Gasteiger partial charge in [-0.25, -0.2) is 0 Å². The van der Waals surface area contributed by atoms with Crippen LogP contribution in [0, 0.1) is 5.41 Å². The van der Waals surface area contributed by atoms with Crippen LogP contribution >= 0.6 is 15.9 Å². The van der Waals surface area contributed by atoms with Crippen molar-refractivity contribution in [1.82, 2.24) is 4.90 Å². The number of hydrogen-bond donors (Lipinski definition) is 1. The zero-order chi connectivity index (χ0) is 13.9. The third-order valence-corrected chi connectivity index (χ3v) is 4.63. The summed E-state index contributed by atoms with van der Waals surface area (Å²) in [6.07, 6.45) is 3.86. The zero-order valence-electron chi connectivity index (χ0n) is 11.8. The summed E-state index contributed by atoms with van der Waals surface area (Å²) in [7, 11) is 3.89. The summed E-state index contributed by atoms with van der Waals surface area (Å²) in [6.45, 7) is 2.76. The molecule has 0 atom stereocenters. The van der Waals surface area contributed by atoms with Crippen molar-refractivity contribution in [1.29, 1.82) is 0 Å². The van der Waals surface area contributed by atoms with Crippen LogP contribution in [0.4, 0.5) is 0 Å². The Morgan fingerprint density at radius 1 is 1.42 bits per heavy atom. The first-order valence-electron chi connectivity index (χ1n) is 6.80. The van der Waals surface area contributed by atoms with E-state index in [1.54, 1.807) is 7.11 Å². The van der Waals surface area contributed by atoms with Gasteiger partial charge in [-0.15, -0.1) is 0 Å². The van der Waals surface area contributed by atoms with Crippen LogP contribution in [-0.4, -0.2) is 32.1 Å². The topological polar surface area (TPSA) is 38.5 Å². The zero-order valence-corrected chi connectivity index (χ0v) is 13.4. The number of hydrogen-bond acceptors (Lipinski definition) is 3. The highest BCUT2D eigenvalue weighted by atomic mass is 79.9. The number of nitrogens with two attached hydrogens (primary N) is 1.